The fraction of sp³-hybridized carbons (Fsp3) is 0.435. The van der Waals surface area contributed by atoms with Gasteiger partial charge in [0.2, 0.25) is 5.91 Å². The number of nitrogens with one attached hydrogen (secondary N) is 2. The fourth-order valence-corrected chi connectivity index (χ4v) is 5.12. The molecule has 11 nitrogen and oxygen atoms in total. The first-order valence-corrected chi connectivity index (χ1v) is 12.2. The minimum absolute atomic E-state index is 0.0128. The molecule has 1 aliphatic carbocycles. The minimum atomic E-state index is -4.66. The number of hydrogen-bond acceptors (Lipinski definition) is 10. The zero-order valence-corrected chi connectivity index (χ0v) is 20.4. The Morgan fingerprint density at radius 3 is 2.48 bits per heavy atom. The van der Waals surface area contributed by atoms with Crippen LogP contribution in [0.1, 0.15) is 54.9 Å². The van der Waals surface area contributed by atoms with E-state index < -0.39 is 35.7 Å². The van der Waals surface area contributed by atoms with Crippen LogP contribution < -0.4 is 16.5 Å². The van der Waals surface area contributed by atoms with E-state index >= 15 is 0 Å². The number of amidine groups is 1. The molecule has 2 aromatic heterocycles. The number of hydrazine groups is 1. The molecule has 1 amide bonds. The summed E-state index contributed by atoms with van der Waals surface area (Å²) in [6, 6.07) is 0. The van der Waals surface area contributed by atoms with Gasteiger partial charge in [-0.15, -0.1) is 0 Å². The molecule has 4 N–H and O–H groups in total. The lowest BCUT2D eigenvalue weighted by Crippen LogP contribution is -2.40. The quantitative estimate of drug-likeness (QED) is 0.452. The van der Waals surface area contributed by atoms with E-state index in [1.54, 1.807) is 0 Å². The Bertz CT molecular complexity index is 1480. The average molecular weight is 566 g/mol. The number of fused-ring (bicyclic) bond motifs is 2. The third-order valence-corrected chi connectivity index (χ3v) is 7.01. The third kappa shape index (κ3) is 4.33. The summed E-state index contributed by atoms with van der Waals surface area (Å²) < 4.78 is 77.5. The van der Waals surface area contributed by atoms with Crippen LogP contribution in [0, 0.1) is 5.92 Å². The monoisotopic (exact) mass is 566 g/mol. The Labute approximate surface area is 221 Å². The zero-order valence-electron chi connectivity index (χ0n) is 20.4. The van der Waals surface area contributed by atoms with Crippen LogP contribution in [0.3, 0.4) is 0 Å². The highest BCUT2D eigenvalue weighted by atomic mass is 19.4. The normalized spacial score (nSPS) is 22.4. The molecule has 1 unspecified atom stereocenters. The molecule has 210 valence electrons. The molecule has 4 aliphatic rings. The molecular weight excluding hydrogens is 546 g/mol. The van der Waals surface area contributed by atoms with Crippen molar-refractivity contribution in [2.24, 2.45) is 15.9 Å². The summed E-state index contributed by atoms with van der Waals surface area (Å²) in [6.07, 6.45) is -6.28. The van der Waals surface area contributed by atoms with Gasteiger partial charge in [0.15, 0.2) is 11.7 Å². The van der Waals surface area contributed by atoms with E-state index in [9.17, 15) is 31.1 Å². The molecule has 17 heteroatoms. The Hall–Kier alpha value is -4.15. The zero-order chi connectivity index (χ0) is 28.4. The minimum Gasteiger partial charge on any atom is -0.383 e. The topological polar surface area (TPSA) is 147 Å². The smallest absolute Gasteiger partial charge is 0.383 e. The molecule has 0 radical (unpaired) electrons. The first-order chi connectivity index (χ1) is 18.9. The second kappa shape index (κ2) is 8.94. The molecule has 0 bridgehead atoms. The number of nitrogen functional groups attached to an aromatic ring is 1. The number of alkyl halides is 6. The molecule has 6 rings (SSSR count). The van der Waals surface area contributed by atoms with Crippen LogP contribution in [0.5, 0.6) is 0 Å². The maximum Gasteiger partial charge on any atom is 0.419 e. The number of hydrogen-bond donors (Lipinski definition) is 3. The predicted molar refractivity (Wildman–Crippen MR) is 128 cm³/mol. The highest BCUT2D eigenvalue weighted by Crippen LogP contribution is 2.56. The van der Waals surface area contributed by atoms with Gasteiger partial charge in [0.05, 0.1) is 23.0 Å². The highest BCUT2D eigenvalue weighted by Gasteiger charge is 2.61. The van der Waals surface area contributed by atoms with E-state index in [-0.39, 0.29) is 60.0 Å². The Morgan fingerprint density at radius 2 is 1.82 bits per heavy atom. The van der Waals surface area contributed by atoms with Gasteiger partial charge in [-0.3, -0.25) is 9.80 Å². The van der Waals surface area contributed by atoms with E-state index in [2.05, 4.69) is 40.7 Å². The Kier molecular flexibility index (Phi) is 5.83. The molecule has 1 fully saturated rings. The van der Waals surface area contributed by atoms with Crippen molar-refractivity contribution >= 4 is 34.8 Å². The molecule has 0 spiro atoms. The van der Waals surface area contributed by atoms with Crippen molar-refractivity contribution in [1.82, 2.24) is 30.4 Å². The van der Waals surface area contributed by atoms with Crippen molar-refractivity contribution in [3.8, 4) is 0 Å². The van der Waals surface area contributed by atoms with E-state index in [1.807, 2.05) is 0 Å². The van der Waals surface area contributed by atoms with Crippen molar-refractivity contribution in [2.75, 3.05) is 17.7 Å². The number of rotatable bonds is 6. The van der Waals surface area contributed by atoms with Crippen LogP contribution in [-0.4, -0.2) is 55.2 Å². The molecule has 0 aromatic carbocycles. The third-order valence-electron chi connectivity index (χ3n) is 7.01. The van der Waals surface area contributed by atoms with Crippen LogP contribution in [0.2, 0.25) is 0 Å². The van der Waals surface area contributed by atoms with Crippen LogP contribution >= 0.6 is 0 Å². The number of nitrogens with two attached hydrogens (primary N) is 1. The van der Waals surface area contributed by atoms with Gasteiger partial charge < -0.3 is 11.1 Å². The molecule has 2 aromatic rings. The summed E-state index contributed by atoms with van der Waals surface area (Å²) in [5.41, 5.74) is 7.27. The number of aromatic nitrogens is 4. The number of nitrogens with zero attached hydrogens (tertiary/aromatic N) is 7. The van der Waals surface area contributed by atoms with E-state index in [1.165, 1.54) is 11.2 Å². The molecule has 1 atom stereocenters. The fourth-order valence-electron chi connectivity index (χ4n) is 5.12. The molecule has 40 heavy (non-hydrogen) atoms. The molecule has 3 aliphatic heterocycles. The summed E-state index contributed by atoms with van der Waals surface area (Å²) >= 11 is 0. The van der Waals surface area contributed by atoms with Gasteiger partial charge in [-0.25, -0.2) is 35.3 Å². The van der Waals surface area contributed by atoms with Crippen molar-refractivity contribution < 1.29 is 31.1 Å². The maximum absolute atomic E-state index is 13.5. The van der Waals surface area contributed by atoms with Crippen molar-refractivity contribution in [3.05, 3.63) is 41.4 Å². The van der Waals surface area contributed by atoms with Crippen molar-refractivity contribution in [2.45, 2.75) is 49.9 Å². The second-order valence-electron chi connectivity index (χ2n) is 9.70. The van der Waals surface area contributed by atoms with E-state index in [0.29, 0.717) is 36.8 Å². The van der Waals surface area contributed by atoms with Crippen LogP contribution in [0.4, 0.5) is 38.0 Å². The van der Waals surface area contributed by atoms with Crippen molar-refractivity contribution in [3.63, 3.8) is 0 Å². The molecule has 1 saturated carbocycles. The SMILES string of the molecule is Nc1nc(C2=CN3NCN=C3C(CCCC(F)(F)F)=N2)nc2c1C(c1ncc(C(F)(F)F)cn1)(C1CC1)C(=O)N2. The summed E-state index contributed by atoms with van der Waals surface area (Å²) in [5, 5.41) is 4.16. The lowest BCUT2D eigenvalue weighted by Gasteiger charge is -2.26. The first kappa shape index (κ1) is 26.1. The molecular formula is C23H20F6N10O. The number of carbonyl (C=O) groups is 1. The lowest BCUT2D eigenvalue weighted by molar-refractivity contribution is -0.138. The Balaban J connectivity index is 1.38. The average Bonchev–Trinajstić information content (AvgIpc) is 3.52. The predicted octanol–water partition coefficient (Wildman–Crippen LogP) is 3.18. The molecule has 0 saturated heterocycles. The Morgan fingerprint density at radius 1 is 1.10 bits per heavy atom. The first-order valence-electron chi connectivity index (χ1n) is 12.2. The van der Waals surface area contributed by atoms with Crippen LogP contribution in [0.15, 0.2) is 28.6 Å². The van der Waals surface area contributed by atoms with Crippen LogP contribution in [-0.2, 0) is 16.4 Å². The maximum atomic E-state index is 13.5. The van der Waals surface area contributed by atoms with Gasteiger partial charge >= 0.3 is 12.4 Å². The summed E-state index contributed by atoms with van der Waals surface area (Å²) in [6.45, 7) is 0.192. The lowest BCUT2D eigenvalue weighted by atomic mass is 9.76. The molecule has 5 heterocycles. The number of halogens is 6. The van der Waals surface area contributed by atoms with Gasteiger partial charge in [0.25, 0.3) is 0 Å². The summed E-state index contributed by atoms with van der Waals surface area (Å²) in [4.78, 5) is 38.7. The van der Waals surface area contributed by atoms with Crippen LogP contribution in [0.25, 0.3) is 5.70 Å². The van der Waals surface area contributed by atoms with E-state index in [4.69, 9.17) is 5.73 Å². The second-order valence-corrected chi connectivity index (χ2v) is 9.70. The number of carbonyl (C=O) groups excluding carboxylic acids is 1. The van der Waals surface area contributed by atoms with Gasteiger partial charge in [-0.05, 0) is 31.6 Å². The summed E-state index contributed by atoms with van der Waals surface area (Å²) in [7, 11) is 0. The van der Waals surface area contributed by atoms with E-state index in [0.717, 1.165) is 0 Å². The summed E-state index contributed by atoms with van der Waals surface area (Å²) in [5.74, 6) is -0.803. The number of aliphatic imine (C=N–C) groups is 2. The van der Waals surface area contributed by atoms with Gasteiger partial charge in [0.1, 0.15) is 35.2 Å². The van der Waals surface area contributed by atoms with Crippen molar-refractivity contribution in [1.29, 1.82) is 0 Å². The number of anilines is 2. The number of amides is 1. The standard InChI is InChI=1S/C23H20F6N10O/c24-21(25,26)5-1-2-12-18-33-9-34-39(18)8-13(35-12)16-36-15(30)14-17(37-16)38-20(40)22(14,10-3-4-10)19-31-6-11(7-32-19)23(27,28)29/h6-8,10,34H,1-5,9H2,(H3,30,36,37,38,40). The largest absolute Gasteiger partial charge is 0.419 e. The highest BCUT2D eigenvalue weighted by molar-refractivity contribution is 6.43. The van der Waals surface area contributed by atoms with Gasteiger partial charge in [0, 0.05) is 18.8 Å². The van der Waals surface area contributed by atoms with Gasteiger partial charge in [-0.1, -0.05) is 0 Å². The van der Waals surface area contributed by atoms with Gasteiger partial charge in [-0.2, -0.15) is 26.3 Å².